The zero-order valence-electron chi connectivity index (χ0n) is 8.03. The monoisotopic (exact) mass is 188 g/mol. The topological polar surface area (TPSA) is 52.0 Å². The van der Waals surface area contributed by atoms with Gasteiger partial charge in [0.2, 0.25) is 5.89 Å². The number of nitrogens with zero attached hydrogens (tertiary/aromatic N) is 1. The zero-order valence-corrected chi connectivity index (χ0v) is 8.03. The van der Waals surface area contributed by atoms with Crippen molar-refractivity contribution in [1.82, 2.24) is 4.98 Å². The molecule has 0 saturated heterocycles. The van der Waals surface area contributed by atoms with Crippen LogP contribution < -0.4 is 5.73 Å². The van der Waals surface area contributed by atoms with E-state index in [0.717, 1.165) is 11.3 Å². The van der Waals surface area contributed by atoms with E-state index in [0.29, 0.717) is 12.4 Å². The first-order valence-electron chi connectivity index (χ1n) is 4.51. The molecule has 2 N–H and O–H groups in total. The molecule has 0 spiro atoms. The van der Waals surface area contributed by atoms with Gasteiger partial charge in [-0.15, -0.1) is 0 Å². The van der Waals surface area contributed by atoms with Crippen molar-refractivity contribution in [1.29, 1.82) is 0 Å². The molecule has 3 heteroatoms. The van der Waals surface area contributed by atoms with Gasteiger partial charge in [-0.3, -0.25) is 0 Å². The molecule has 1 aromatic heterocycles. The number of hydrogen-bond donors (Lipinski definition) is 1. The lowest BCUT2D eigenvalue weighted by Gasteiger charge is -1.96. The second-order valence-corrected chi connectivity index (χ2v) is 3.19. The van der Waals surface area contributed by atoms with Crippen LogP contribution in [0, 0.1) is 6.92 Å². The van der Waals surface area contributed by atoms with Gasteiger partial charge in [0.1, 0.15) is 0 Å². The summed E-state index contributed by atoms with van der Waals surface area (Å²) in [4.78, 5) is 4.04. The predicted molar refractivity (Wildman–Crippen MR) is 54.6 cm³/mol. The smallest absolute Gasteiger partial charge is 0.208 e. The van der Waals surface area contributed by atoms with E-state index >= 15 is 0 Å². The van der Waals surface area contributed by atoms with Crippen LogP contribution in [0.25, 0.3) is 11.3 Å². The summed E-state index contributed by atoms with van der Waals surface area (Å²) in [5.41, 5.74) is 7.67. The number of nitrogens with two attached hydrogens (primary N) is 1. The van der Waals surface area contributed by atoms with Crippen LogP contribution in [0.5, 0.6) is 0 Å². The summed E-state index contributed by atoms with van der Waals surface area (Å²) in [6.45, 7) is 2.39. The Kier molecular flexibility index (Phi) is 2.33. The van der Waals surface area contributed by atoms with E-state index < -0.39 is 0 Å². The van der Waals surface area contributed by atoms with Crippen molar-refractivity contribution in [2.75, 3.05) is 0 Å². The van der Waals surface area contributed by atoms with Crippen LogP contribution in [-0.2, 0) is 6.54 Å². The number of aryl methyl sites for hydroxylation is 1. The molecule has 1 heterocycles. The van der Waals surface area contributed by atoms with Crippen molar-refractivity contribution < 1.29 is 4.42 Å². The fourth-order valence-electron chi connectivity index (χ4n) is 1.26. The normalized spacial score (nSPS) is 10.4. The Morgan fingerprint density at radius 3 is 2.57 bits per heavy atom. The molecule has 0 aliphatic heterocycles. The van der Waals surface area contributed by atoms with Crippen LogP contribution in [-0.4, -0.2) is 4.98 Å². The van der Waals surface area contributed by atoms with Gasteiger partial charge in [0.05, 0.1) is 12.7 Å². The summed E-state index contributed by atoms with van der Waals surface area (Å²) in [5, 5.41) is 0. The van der Waals surface area contributed by atoms with Gasteiger partial charge in [-0.05, 0) is 6.92 Å². The third-order valence-corrected chi connectivity index (χ3v) is 2.06. The summed E-state index contributed by atoms with van der Waals surface area (Å²) in [6, 6.07) is 8.10. The molecule has 0 aliphatic carbocycles. The van der Waals surface area contributed by atoms with E-state index in [1.54, 1.807) is 6.20 Å². The highest BCUT2D eigenvalue weighted by Gasteiger charge is 2.03. The van der Waals surface area contributed by atoms with Crippen molar-refractivity contribution in [3.8, 4) is 11.3 Å². The molecule has 0 fully saturated rings. The molecule has 0 bridgehead atoms. The van der Waals surface area contributed by atoms with Gasteiger partial charge in [0.15, 0.2) is 5.76 Å². The van der Waals surface area contributed by atoms with Gasteiger partial charge in [-0.1, -0.05) is 29.8 Å². The quantitative estimate of drug-likeness (QED) is 0.785. The molecule has 14 heavy (non-hydrogen) atoms. The summed E-state index contributed by atoms with van der Waals surface area (Å²) < 4.78 is 5.42. The molecule has 0 saturated carbocycles. The van der Waals surface area contributed by atoms with E-state index in [9.17, 15) is 0 Å². The maximum absolute atomic E-state index is 5.42. The van der Waals surface area contributed by atoms with Gasteiger partial charge in [0, 0.05) is 5.56 Å². The summed E-state index contributed by atoms with van der Waals surface area (Å²) in [7, 11) is 0. The highest BCUT2D eigenvalue weighted by atomic mass is 16.4. The number of benzene rings is 1. The van der Waals surface area contributed by atoms with Crippen molar-refractivity contribution in [2.24, 2.45) is 5.73 Å². The standard InChI is InChI=1S/C11H12N2O/c1-8-2-4-9(5-3-8)10-7-13-11(6-12)14-10/h2-5,7H,6,12H2,1H3. The Balaban J connectivity index is 2.34. The third-order valence-electron chi connectivity index (χ3n) is 2.06. The van der Waals surface area contributed by atoms with Gasteiger partial charge >= 0.3 is 0 Å². The lowest BCUT2D eigenvalue weighted by Crippen LogP contribution is -1.94. The molecule has 0 atom stereocenters. The molecule has 2 aromatic rings. The lowest BCUT2D eigenvalue weighted by atomic mass is 10.1. The average molecular weight is 188 g/mol. The van der Waals surface area contributed by atoms with Crippen molar-refractivity contribution in [3.05, 3.63) is 41.9 Å². The van der Waals surface area contributed by atoms with E-state index in [2.05, 4.69) is 11.9 Å². The number of hydrogen-bond acceptors (Lipinski definition) is 3. The Bertz CT molecular complexity index is 417. The lowest BCUT2D eigenvalue weighted by molar-refractivity contribution is 0.509. The van der Waals surface area contributed by atoms with Crippen LogP contribution in [0.2, 0.25) is 0 Å². The third kappa shape index (κ3) is 1.67. The molecule has 0 radical (unpaired) electrons. The van der Waals surface area contributed by atoms with Crippen molar-refractivity contribution in [3.63, 3.8) is 0 Å². The van der Waals surface area contributed by atoms with Crippen LogP contribution >= 0.6 is 0 Å². The van der Waals surface area contributed by atoms with Crippen LogP contribution in [0.4, 0.5) is 0 Å². The van der Waals surface area contributed by atoms with Crippen LogP contribution in [0.1, 0.15) is 11.5 Å². The van der Waals surface area contributed by atoms with E-state index in [-0.39, 0.29) is 0 Å². The fourth-order valence-corrected chi connectivity index (χ4v) is 1.26. The maximum atomic E-state index is 5.42. The highest BCUT2D eigenvalue weighted by molar-refractivity contribution is 5.56. The van der Waals surface area contributed by atoms with E-state index in [4.69, 9.17) is 10.2 Å². The molecular formula is C11H12N2O. The molecule has 72 valence electrons. The Morgan fingerprint density at radius 1 is 1.29 bits per heavy atom. The number of rotatable bonds is 2. The van der Waals surface area contributed by atoms with Crippen LogP contribution in [0.15, 0.2) is 34.9 Å². The number of oxazole rings is 1. The first-order valence-corrected chi connectivity index (χ1v) is 4.51. The highest BCUT2D eigenvalue weighted by Crippen LogP contribution is 2.20. The first-order chi connectivity index (χ1) is 6.79. The molecular weight excluding hydrogens is 176 g/mol. The molecule has 2 rings (SSSR count). The van der Waals surface area contributed by atoms with Crippen LogP contribution in [0.3, 0.4) is 0 Å². The second-order valence-electron chi connectivity index (χ2n) is 3.19. The molecule has 0 amide bonds. The summed E-state index contributed by atoms with van der Waals surface area (Å²) in [5.74, 6) is 1.34. The van der Waals surface area contributed by atoms with E-state index in [1.165, 1.54) is 5.56 Å². The van der Waals surface area contributed by atoms with Gasteiger partial charge < -0.3 is 10.2 Å². The molecule has 3 nitrogen and oxygen atoms in total. The van der Waals surface area contributed by atoms with Gasteiger partial charge in [-0.25, -0.2) is 4.98 Å². The minimum atomic E-state index is 0.339. The molecule has 0 unspecified atom stereocenters. The van der Waals surface area contributed by atoms with Gasteiger partial charge in [-0.2, -0.15) is 0 Å². The second kappa shape index (κ2) is 3.64. The molecule has 0 aliphatic rings. The minimum Gasteiger partial charge on any atom is -0.439 e. The summed E-state index contributed by atoms with van der Waals surface area (Å²) in [6.07, 6.45) is 1.70. The SMILES string of the molecule is Cc1ccc(-c2cnc(CN)o2)cc1. The Labute approximate surface area is 82.6 Å². The Morgan fingerprint density at radius 2 is 2.00 bits per heavy atom. The number of aromatic nitrogens is 1. The largest absolute Gasteiger partial charge is 0.439 e. The Hall–Kier alpha value is -1.61. The fraction of sp³-hybridized carbons (Fsp3) is 0.182. The maximum Gasteiger partial charge on any atom is 0.208 e. The predicted octanol–water partition coefficient (Wildman–Crippen LogP) is 2.11. The van der Waals surface area contributed by atoms with Gasteiger partial charge in [0.25, 0.3) is 0 Å². The van der Waals surface area contributed by atoms with E-state index in [1.807, 2.05) is 24.3 Å². The molecule has 1 aromatic carbocycles. The first kappa shape index (κ1) is 8.97. The summed E-state index contributed by atoms with van der Waals surface area (Å²) >= 11 is 0. The van der Waals surface area contributed by atoms with Crippen molar-refractivity contribution in [2.45, 2.75) is 13.5 Å². The average Bonchev–Trinajstić information content (AvgIpc) is 2.67. The minimum absolute atomic E-state index is 0.339. The van der Waals surface area contributed by atoms with Crippen molar-refractivity contribution >= 4 is 0 Å². The zero-order chi connectivity index (χ0) is 9.97.